The Morgan fingerprint density at radius 2 is 1.96 bits per heavy atom. The largest absolute Gasteiger partial charge is 0.358 e. The Bertz CT molecular complexity index is 989. The number of fused-ring (bicyclic) bond motifs is 1. The predicted octanol–water partition coefficient (Wildman–Crippen LogP) is 3.78. The summed E-state index contributed by atoms with van der Waals surface area (Å²) in [5.74, 6) is 1.83. The van der Waals surface area contributed by atoms with Crippen molar-refractivity contribution >= 4 is 16.8 Å². The number of hydrogen-bond donors (Lipinski definition) is 1. The zero-order valence-corrected chi connectivity index (χ0v) is 16.7. The topological polar surface area (TPSA) is 53.9 Å². The number of aromatic amines is 1. The monoisotopic (exact) mass is 364 g/mol. The van der Waals surface area contributed by atoms with E-state index in [4.69, 9.17) is 0 Å². The van der Waals surface area contributed by atoms with Crippen LogP contribution in [0.15, 0.2) is 24.5 Å². The molecule has 3 aromatic rings. The Hall–Kier alpha value is -2.56. The maximum absolute atomic E-state index is 13.0. The van der Waals surface area contributed by atoms with Crippen LogP contribution in [-0.2, 0) is 18.3 Å². The highest BCUT2D eigenvalue weighted by molar-refractivity contribution is 5.92. The summed E-state index contributed by atoms with van der Waals surface area (Å²) >= 11 is 0. The molecule has 1 aliphatic rings. The van der Waals surface area contributed by atoms with E-state index >= 15 is 0 Å². The van der Waals surface area contributed by atoms with Crippen LogP contribution < -0.4 is 0 Å². The summed E-state index contributed by atoms with van der Waals surface area (Å²) in [5, 5.41) is 1.20. The normalized spacial score (nSPS) is 15.6. The van der Waals surface area contributed by atoms with Crippen molar-refractivity contribution in [3.8, 4) is 0 Å². The van der Waals surface area contributed by atoms with Crippen LogP contribution >= 0.6 is 0 Å². The van der Waals surface area contributed by atoms with Gasteiger partial charge in [-0.25, -0.2) is 4.98 Å². The number of amides is 1. The van der Waals surface area contributed by atoms with Crippen molar-refractivity contribution in [1.82, 2.24) is 19.4 Å². The minimum atomic E-state index is 0.233. The van der Waals surface area contributed by atoms with Gasteiger partial charge < -0.3 is 14.5 Å². The Kier molecular flexibility index (Phi) is 4.54. The van der Waals surface area contributed by atoms with Gasteiger partial charge in [-0.3, -0.25) is 4.79 Å². The van der Waals surface area contributed by atoms with Gasteiger partial charge in [0.2, 0.25) is 5.91 Å². The molecule has 0 atom stereocenters. The number of nitrogens with one attached hydrogen (secondary N) is 1. The highest BCUT2D eigenvalue weighted by atomic mass is 16.2. The number of hydrogen-bond acceptors (Lipinski definition) is 2. The van der Waals surface area contributed by atoms with E-state index in [9.17, 15) is 4.79 Å². The molecule has 1 N–H and O–H groups in total. The molecular weight excluding hydrogens is 336 g/mol. The van der Waals surface area contributed by atoms with Crippen LogP contribution in [-0.4, -0.2) is 38.4 Å². The molecule has 0 bridgehead atoms. The third-order valence-corrected chi connectivity index (χ3v) is 5.97. The Labute approximate surface area is 160 Å². The third-order valence-electron chi connectivity index (χ3n) is 5.97. The summed E-state index contributed by atoms with van der Waals surface area (Å²) in [4.78, 5) is 23.0. The van der Waals surface area contributed by atoms with Crippen LogP contribution in [0.3, 0.4) is 0 Å². The number of aromatic nitrogens is 3. The predicted molar refractivity (Wildman–Crippen MR) is 108 cm³/mol. The van der Waals surface area contributed by atoms with E-state index in [1.54, 1.807) is 0 Å². The maximum Gasteiger partial charge on any atom is 0.227 e. The van der Waals surface area contributed by atoms with E-state index < -0.39 is 0 Å². The number of carbonyl (C=O) groups excluding carboxylic acids is 1. The molecule has 0 saturated carbocycles. The second-order valence-electron chi connectivity index (χ2n) is 7.96. The lowest BCUT2D eigenvalue weighted by Crippen LogP contribution is -2.39. The maximum atomic E-state index is 13.0. The lowest BCUT2D eigenvalue weighted by Gasteiger charge is -2.31. The summed E-state index contributed by atoms with van der Waals surface area (Å²) in [5.41, 5.74) is 5.89. The second-order valence-corrected chi connectivity index (χ2v) is 7.96. The van der Waals surface area contributed by atoms with Crippen LogP contribution in [0.2, 0.25) is 0 Å². The van der Waals surface area contributed by atoms with Gasteiger partial charge in [-0.1, -0.05) is 11.6 Å². The van der Waals surface area contributed by atoms with Crippen LogP contribution in [0.4, 0.5) is 0 Å². The molecule has 0 aliphatic carbocycles. The third kappa shape index (κ3) is 3.27. The van der Waals surface area contributed by atoms with Gasteiger partial charge in [0.1, 0.15) is 5.82 Å². The zero-order valence-electron chi connectivity index (χ0n) is 16.7. The van der Waals surface area contributed by atoms with Crippen LogP contribution in [0.1, 0.15) is 47.0 Å². The van der Waals surface area contributed by atoms with Gasteiger partial charge in [-0.15, -0.1) is 0 Å². The number of aryl methyl sites for hydroxylation is 4. The summed E-state index contributed by atoms with van der Waals surface area (Å²) < 4.78 is 2.10. The van der Waals surface area contributed by atoms with Crippen molar-refractivity contribution in [2.24, 2.45) is 7.05 Å². The molecule has 5 heteroatoms. The molecule has 4 rings (SSSR count). The molecule has 1 aromatic carbocycles. The highest BCUT2D eigenvalue weighted by Gasteiger charge is 2.26. The van der Waals surface area contributed by atoms with E-state index in [2.05, 4.69) is 47.4 Å². The van der Waals surface area contributed by atoms with Gasteiger partial charge in [0.15, 0.2) is 0 Å². The van der Waals surface area contributed by atoms with Crippen molar-refractivity contribution in [2.75, 3.05) is 13.1 Å². The first kappa shape index (κ1) is 17.8. The van der Waals surface area contributed by atoms with Gasteiger partial charge in [-0.2, -0.15) is 0 Å². The van der Waals surface area contributed by atoms with E-state index in [0.717, 1.165) is 48.5 Å². The quantitative estimate of drug-likeness (QED) is 0.769. The SMILES string of the molecule is Cc1cc(C)c2[nH]c(C)c(CC(=O)N3CCC(c4nccn4C)CC3)c2c1. The molecular formula is C22H28N4O. The minimum Gasteiger partial charge on any atom is -0.358 e. The molecule has 1 saturated heterocycles. The first-order valence-electron chi connectivity index (χ1n) is 9.77. The summed E-state index contributed by atoms with van der Waals surface area (Å²) in [6.07, 6.45) is 6.30. The van der Waals surface area contributed by atoms with Gasteiger partial charge in [0, 0.05) is 55.0 Å². The Morgan fingerprint density at radius 1 is 1.22 bits per heavy atom. The molecule has 27 heavy (non-hydrogen) atoms. The fourth-order valence-electron chi connectivity index (χ4n) is 4.48. The minimum absolute atomic E-state index is 0.233. The summed E-state index contributed by atoms with van der Waals surface area (Å²) in [6.45, 7) is 7.94. The number of piperidine rings is 1. The standard InChI is InChI=1S/C22H28N4O/c1-14-11-15(2)21-19(12-14)18(16(3)24-21)13-20(27)26-8-5-17(6-9-26)22-23-7-10-25(22)4/h7,10-12,17,24H,5-6,8-9,13H2,1-4H3. The van der Waals surface area contributed by atoms with Crippen LogP contribution in [0.5, 0.6) is 0 Å². The number of carbonyl (C=O) groups is 1. The van der Waals surface area contributed by atoms with E-state index in [1.165, 1.54) is 16.5 Å². The molecule has 1 fully saturated rings. The zero-order chi connectivity index (χ0) is 19.1. The molecule has 0 unspecified atom stereocenters. The first-order valence-corrected chi connectivity index (χ1v) is 9.77. The highest BCUT2D eigenvalue weighted by Crippen LogP contribution is 2.29. The van der Waals surface area contributed by atoms with Gasteiger partial charge >= 0.3 is 0 Å². The number of rotatable bonds is 3. The molecule has 1 aliphatic heterocycles. The van der Waals surface area contributed by atoms with Gasteiger partial charge in [0.25, 0.3) is 0 Å². The molecule has 5 nitrogen and oxygen atoms in total. The molecule has 142 valence electrons. The van der Waals surface area contributed by atoms with E-state index in [-0.39, 0.29) is 5.91 Å². The molecule has 1 amide bonds. The van der Waals surface area contributed by atoms with Crippen molar-refractivity contribution in [3.05, 3.63) is 52.7 Å². The second kappa shape index (κ2) is 6.87. The van der Waals surface area contributed by atoms with Crippen LogP contribution in [0.25, 0.3) is 10.9 Å². The fourth-order valence-corrected chi connectivity index (χ4v) is 4.48. The van der Waals surface area contributed by atoms with Crippen molar-refractivity contribution in [3.63, 3.8) is 0 Å². The van der Waals surface area contributed by atoms with Gasteiger partial charge in [-0.05, 0) is 50.8 Å². The Morgan fingerprint density at radius 3 is 2.63 bits per heavy atom. The van der Waals surface area contributed by atoms with E-state index in [0.29, 0.717) is 12.3 Å². The number of nitrogens with zero attached hydrogens (tertiary/aromatic N) is 3. The lowest BCUT2D eigenvalue weighted by atomic mass is 9.95. The average Bonchev–Trinajstić information content (AvgIpc) is 3.20. The molecule has 3 heterocycles. The first-order chi connectivity index (χ1) is 12.9. The lowest BCUT2D eigenvalue weighted by molar-refractivity contribution is -0.131. The fraction of sp³-hybridized carbons (Fsp3) is 0.455. The number of H-pyrrole nitrogens is 1. The van der Waals surface area contributed by atoms with E-state index in [1.807, 2.05) is 24.3 Å². The van der Waals surface area contributed by atoms with Crippen LogP contribution in [0, 0.1) is 20.8 Å². The van der Waals surface area contributed by atoms with Crippen molar-refractivity contribution in [2.45, 2.75) is 46.0 Å². The average molecular weight is 364 g/mol. The van der Waals surface area contributed by atoms with Gasteiger partial charge in [0.05, 0.1) is 6.42 Å². The number of benzene rings is 1. The smallest absolute Gasteiger partial charge is 0.227 e. The summed E-state index contributed by atoms with van der Waals surface area (Å²) in [7, 11) is 2.05. The van der Waals surface area contributed by atoms with Crippen molar-refractivity contribution < 1.29 is 4.79 Å². The summed E-state index contributed by atoms with van der Waals surface area (Å²) in [6, 6.07) is 4.38. The number of imidazole rings is 1. The molecule has 0 spiro atoms. The molecule has 0 radical (unpaired) electrons. The molecule has 2 aromatic heterocycles. The Balaban J connectivity index is 1.48. The van der Waals surface area contributed by atoms with Crippen molar-refractivity contribution in [1.29, 1.82) is 0 Å². The number of likely N-dealkylation sites (tertiary alicyclic amines) is 1.